The van der Waals surface area contributed by atoms with Crippen molar-refractivity contribution in [1.29, 1.82) is 0 Å². The first-order valence-corrected chi connectivity index (χ1v) is 12.7. The molecule has 0 unspecified atom stereocenters. The zero-order valence-corrected chi connectivity index (χ0v) is 18.4. The third-order valence-corrected chi connectivity index (χ3v) is 6.54. The summed E-state index contributed by atoms with van der Waals surface area (Å²) in [6.07, 6.45) is 19.2. The second-order valence-electron chi connectivity index (χ2n) is 7.19. The molecule has 1 rings (SSSR count). The van der Waals surface area contributed by atoms with Crippen molar-refractivity contribution in [3.63, 3.8) is 0 Å². The van der Waals surface area contributed by atoms with E-state index in [1.807, 2.05) is 0 Å². The first-order chi connectivity index (χ1) is 12.8. The van der Waals surface area contributed by atoms with E-state index >= 15 is 0 Å². The molecule has 1 N–H and O–H groups in total. The van der Waals surface area contributed by atoms with Crippen LogP contribution in [0.1, 0.15) is 96.8 Å². The first kappa shape index (κ1) is 23.6. The third-order valence-electron chi connectivity index (χ3n) is 4.72. The van der Waals surface area contributed by atoms with Gasteiger partial charge in [-0.1, -0.05) is 90.4 Å². The van der Waals surface area contributed by atoms with Gasteiger partial charge in [-0.25, -0.2) is 0 Å². The molecule has 150 valence electrons. The maximum absolute atomic E-state index is 11.7. The predicted octanol–water partition coefficient (Wildman–Crippen LogP) is 7.44. The van der Waals surface area contributed by atoms with Crippen LogP contribution in [-0.2, 0) is 4.79 Å². The largest absolute Gasteiger partial charge is 0.355 e. The molecule has 0 atom stereocenters. The Labute approximate surface area is 169 Å². The molecule has 0 fully saturated rings. The minimum absolute atomic E-state index is 0.163. The number of nitrogens with one attached hydrogen (secondary N) is 1. The number of rotatable bonds is 18. The lowest BCUT2D eigenvalue weighted by Gasteiger charge is -2.05. The van der Waals surface area contributed by atoms with Crippen molar-refractivity contribution >= 4 is 29.0 Å². The highest BCUT2D eigenvalue weighted by molar-refractivity contribution is 8.00. The number of carbonyl (C=O) groups excluding carboxylic acids is 1. The van der Waals surface area contributed by atoms with Crippen LogP contribution >= 0.6 is 23.1 Å². The third kappa shape index (κ3) is 14.7. The van der Waals surface area contributed by atoms with Gasteiger partial charge >= 0.3 is 0 Å². The second kappa shape index (κ2) is 17.9. The Morgan fingerprint density at radius 2 is 1.42 bits per heavy atom. The van der Waals surface area contributed by atoms with Crippen LogP contribution in [0.4, 0.5) is 0 Å². The van der Waals surface area contributed by atoms with Crippen molar-refractivity contribution in [3.8, 4) is 0 Å². The van der Waals surface area contributed by atoms with Crippen LogP contribution in [0.5, 0.6) is 0 Å². The van der Waals surface area contributed by atoms with Gasteiger partial charge < -0.3 is 5.32 Å². The normalized spacial score (nSPS) is 11.0. The molecule has 0 saturated heterocycles. The highest BCUT2D eigenvalue weighted by atomic mass is 32.2. The van der Waals surface area contributed by atoms with Gasteiger partial charge in [-0.2, -0.15) is 11.3 Å². The Balaban J connectivity index is 1.73. The fourth-order valence-electron chi connectivity index (χ4n) is 3.08. The standard InChI is InChI=1S/C22H39NOS2/c1-2-3-4-5-6-7-8-9-10-11-12-13-14-15-17-23-22(24)20-26-21-16-18-25-19-21/h16,18-19H,2-15,17,20H2,1H3,(H,23,24). The van der Waals surface area contributed by atoms with Crippen molar-refractivity contribution < 1.29 is 4.79 Å². The number of hydrogen-bond donors (Lipinski definition) is 1. The average molecular weight is 398 g/mol. The Bertz CT molecular complexity index is 420. The number of carbonyl (C=O) groups is 1. The molecule has 0 aliphatic heterocycles. The molecule has 1 heterocycles. The lowest BCUT2D eigenvalue weighted by atomic mass is 10.0. The van der Waals surface area contributed by atoms with Crippen molar-refractivity contribution in [2.24, 2.45) is 0 Å². The molecule has 0 aromatic carbocycles. The Morgan fingerprint density at radius 1 is 0.885 bits per heavy atom. The van der Waals surface area contributed by atoms with Crippen LogP contribution in [-0.4, -0.2) is 18.2 Å². The molecule has 0 radical (unpaired) electrons. The summed E-state index contributed by atoms with van der Waals surface area (Å²) in [4.78, 5) is 12.9. The van der Waals surface area contributed by atoms with Gasteiger partial charge in [0.05, 0.1) is 5.75 Å². The summed E-state index contributed by atoms with van der Waals surface area (Å²) in [5, 5.41) is 7.17. The molecule has 0 bridgehead atoms. The van der Waals surface area contributed by atoms with Gasteiger partial charge in [-0.3, -0.25) is 4.79 Å². The quantitative estimate of drug-likeness (QED) is 0.206. The number of amides is 1. The summed E-state index contributed by atoms with van der Waals surface area (Å²) in [6, 6.07) is 2.07. The fraction of sp³-hybridized carbons (Fsp3) is 0.773. The van der Waals surface area contributed by atoms with E-state index in [1.165, 1.54) is 88.4 Å². The molecule has 1 aromatic heterocycles. The van der Waals surface area contributed by atoms with E-state index in [2.05, 4.69) is 29.1 Å². The van der Waals surface area contributed by atoms with Crippen molar-refractivity contribution in [2.75, 3.05) is 12.3 Å². The van der Waals surface area contributed by atoms with Gasteiger partial charge in [0.1, 0.15) is 0 Å². The molecule has 0 spiro atoms. The molecule has 0 aliphatic carbocycles. The Hall–Kier alpha value is -0.480. The van der Waals surface area contributed by atoms with Crippen LogP contribution in [0, 0.1) is 0 Å². The van der Waals surface area contributed by atoms with Gasteiger partial charge in [0.15, 0.2) is 0 Å². The molecule has 1 aromatic rings. The molecule has 26 heavy (non-hydrogen) atoms. The predicted molar refractivity (Wildman–Crippen MR) is 118 cm³/mol. The van der Waals surface area contributed by atoms with E-state index in [4.69, 9.17) is 0 Å². The van der Waals surface area contributed by atoms with E-state index in [1.54, 1.807) is 23.1 Å². The number of unbranched alkanes of at least 4 members (excludes halogenated alkanes) is 13. The van der Waals surface area contributed by atoms with Crippen LogP contribution in [0.25, 0.3) is 0 Å². The summed E-state index contributed by atoms with van der Waals surface area (Å²) in [7, 11) is 0. The highest BCUT2D eigenvalue weighted by Gasteiger charge is 2.02. The summed E-state index contributed by atoms with van der Waals surface area (Å²) in [5.41, 5.74) is 0. The number of thiophene rings is 1. The Kier molecular flexibility index (Phi) is 16.2. The second-order valence-corrected chi connectivity index (χ2v) is 9.02. The van der Waals surface area contributed by atoms with Crippen molar-refractivity contribution in [3.05, 3.63) is 16.8 Å². The van der Waals surface area contributed by atoms with Gasteiger partial charge in [0.25, 0.3) is 0 Å². The molecular formula is C22H39NOS2. The van der Waals surface area contributed by atoms with Crippen LogP contribution in [0.15, 0.2) is 21.7 Å². The first-order valence-electron chi connectivity index (χ1n) is 10.7. The SMILES string of the molecule is CCCCCCCCCCCCCCCCNC(=O)CSc1ccsc1. The van der Waals surface area contributed by atoms with Crippen LogP contribution in [0.3, 0.4) is 0 Å². The minimum Gasteiger partial charge on any atom is -0.355 e. The molecule has 0 saturated carbocycles. The fourth-order valence-corrected chi connectivity index (χ4v) is 4.69. The molecular weight excluding hydrogens is 358 g/mol. The van der Waals surface area contributed by atoms with E-state index < -0.39 is 0 Å². The molecule has 2 nitrogen and oxygen atoms in total. The average Bonchev–Trinajstić information content (AvgIpc) is 3.17. The number of hydrogen-bond acceptors (Lipinski definition) is 3. The Morgan fingerprint density at radius 3 is 1.92 bits per heavy atom. The maximum atomic E-state index is 11.7. The highest BCUT2D eigenvalue weighted by Crippen LogP contribution is 2.20. The van der Waals surface area contributed by atoms with E-state index in [9.17, 15) is 4.79 Å². The summed E-state index contributed by atoms with van der Waals surface area (Å²) in [6.45, 7) is 3.11. The van der Waals surface area contributed by atoms with Gasteiger partial charge in [-0.05, 0) is 17.9 Å². The van der Waals surface area contributed by atoms with Gasteiger partial charge in [-0.15, -0.1) is 11.8 Å². The van der Waals surface area contributed by atoms with E-state index in [0.717, 1.165) is 13.0 Å². The van der Waals surface area contributed by atoms with Crippen molar-refractivity contribution in [1.82, 2.24) is 5.32 Å². The summed E-state index contributed by atoms with van der Waals surface area (Å²) >= 11 is 3.30. The van der Waals surface area contributed by atoms with Crippen LogP contribution in [0.2, 0.25) is 0 Å². The number of thioether (sulfide) groups is 1. The summed E-state index contributed by atoms with van der Waals surface area (Å²) in [5.74, 6) is 0.700. The lowest BCUT2D eigenvalue weighted by Crippen LogP contribution is -2.26. The summed E-state index contributed by atoms with van der Waals surface area (Å²) < 4.78 is 0. The van der Waals surface area contributed by atoms with E-state index in [0.29, 0.717) is 5.75 Å². The van der Waals surface area contributed by atoms with Crippen LogP contribution < -0.4 is 5.32 Å². The lowest BCUT2D eigenvalue weighted by molar-refractivity contribution is -0.118. The van der Waals surface area contributed by atoms with Gasteiger partial charge in [0, 0.05) is 16.8 Å². The van der Waals surface area contributed by atoms with E-state index in [-0.39, 0.29) is 5.91 Å². The minimum atomic E-state index is 0.163. The zero-order valence-electron chi connectivity index (χ0n) is 16.8. The smallest absolute Gasteiger partial charge is 0.230 e. The van der Waals surface area contributed by atoms with Crippen molar-refractivity contribution in [2.45, 2.75) is 102 Å². The molecule has 1 amide bonds. The maximum Gasteiger partial charge on any atom is 0.230 e. The van der Waals surface area contributed by atoms with Gasteiger partial charge in [0.2, 0.25) is 5.91 Å². The monoisotopic (exact) mass is 397 g/mol. The zero-order chi connectivity index (χ0) is 18.7. The molecule has 0 aliphatic rings. The molecule has 4 heteroatoms. The topological polar surface area (TPSA) is 29.1 Å².